The number of likely N-dealkylation sites (tertiary alicyclic amines) is 1. The average molecular weight is 570 g/mol. The zero-order valence-corrected chi connectivity index (χ0v) is 21.0. The molecule has 218 valence electrons. The first-order valence-corrected chi connectivity index (χ1v) is 11.5. The molecule has 0 saturated carbocycles. The third-order valence-electron chi connectivity index (χ3n) is 5.63. The molecule has 2 aromatic heterocycles. The molecule has 4 rings (SSSR count). The van der Waals surface area contributed by atoms with Crippen LogP contribution in [-0.4, -0.2) is 90.7 Å². The molecule has 11 nitrogen and oxygen atoms in total. The van der Waals surface area contributed by atoms with Gasteiger partial charge in [0, 0.05) is 38.3 Å². The number of alkyl halides is 6. The SMILES string of the molecule is Cc1ccc(NC2COC3(CCCN(Cc4cnn(C)c4)C3)C2)nn1.O=C(O)C(F)(F)F.O=C(O)C(F)(F)F. The van der Waals surface area contributed by atoms with Gasteiger partial charge in [0.25, 0.3) is 0 Å². The van der Waals surface area contributed by atoms with Crippen molar-refractivity contribution in [2.24, 2.45) is 7.05 Å². The minimum Gasteiger partial charge on any atom is -0.475 e. The maximum Gasteiger partial charge on any atom is 0.490 e. The lowest BCUT2D eigenvalue weighted by Crippen LogP contribution is -2.47. The fraction of sp³-hybridized carbons (Fsp3) is 0.591. The molecular formula is C22H28F6N6O5. The van der Waals surface area contributed by atoms with Gasteiger partial charge in [-0.15, -0.1) is 5.10 Å². The van der Waals surface area contributed by atoms with Crippen LogP contribution in [0.3, 0.4) is 0 Å². The molecule has 2 aromatic rings. The molecular weight excluding hydrogens is 542 g/mol. The van der Waals surface area contributed by atoms with Gasteiger partial charge in [-0.1, -0.05) is 0 Å². The molecule has 0 bridgehead atoms. The number of hydrogen-bond donors (Lipinski definition) is 3. The predicted molar refractivity (Wildman–Crippen MR) is 123 cm³/mol. The summed E-state index contributed by atoms with van der Waals surface area (Å²) in [5, 5.41) is 30.3. The molecule has 2 unspecified atom stereocenters. The molecule has 3 N–H and O–H groups in total. The Hall–Kier alpha value is -3.47. The molecule has 39 heavy (non-hydrogen) atoms. The van der Waals surface area contributed by atoms with Gasteiger partial charge in [0.15, 0.2) is 0 Å². The number of ether oxygens (including phenoxy) is 1. The number of aryl methyl sites for hydroxylation is 2. The van der Waals surface area contributed by atoms with Crippen molar-refractivity contribution in [1.29, 1.82) is 0 Å². The number of halogens is 6. The molecule has 0 amide bonds. The first-order chi connectivity index (χ1) is 18.0. The summed E-state index contributed by atoms with van der Waals surface area (Å²) >= 11 is 0. The van der Waals surface area contributed by atoms with Crippen LogP contribution < -0.4 is 5.32 Å². The zero-order valence-electron chi connectivity index (χ0n) is 21.0. The topological polar surface area (TPSA) is 143 Å². The van der Waals surface area contributed by atoms with E-state index in [9.17, 15) is 26.3 Å². The summed E-state index contributed by atoms with van der Waals surface area (Å²) < 4.78 is 71.6. The standard InChI is InChI=1S/C18H26N6O.2C2HF3O2/c1-14-4-5-17(22-21-14)20-16-8-18(25-12-16)6-3-7-24(13-18)11-15-9-19-23(2)10-15;2*3-2(4,5)1(6)7/h4-5,9-10,16H,3,6-8,11-13H2,1-2H3,(H,20,22);2*(H,6,7). The monoisotopic (exact) mass is 570 g/mol. The summed E-state index contributed by atoms with van der Waals surface area (Å²) in [5.41, 5.74) is 2.17. The van der Waals surface area contributed by atoms with Crippen LogP contribution in [-0.2, 0) is 27.9 Å². The molecule has 0 aliphatic carbocycles. The normalized spacial score (nSPS) is 21.4. The van der Waals surface area contributed by atoms with E-state index < -0.39 is 24.3 Å². The number of carbonyl (C=O) groups is 2. The summed E-state index contributed by atoms with van der Waals surface area (Å²) in [5.74, 6) is -4.68. The number of carboxylic acid groups (broad SMARTS) is 2. The van der Waals surface area contributed by atoms with Crippen molar-refractivity contribution < 1.29 is 50.9 Å². The van der Waals surface area contributed by atoms with E-state index >= 15 is 0 Å². The van der Waals surface area contributed by atoms with Crippen LogP contribution in [0.2, 0.25) is 0 Å². The zero-order chi connectivity index (χ0) is 29.4. The Morgan fingerprint density at radius 3 is 2.23 bits per heavy atom. The van der Waals surface area contributed by atoms with Gasteiger partial charge < -0.3 is 20.3 Å². The molecule has 2 aliphatic heterocycles. The maximum atomic E-state index is 10.6. The van der Waals surface area contributed by atoms with E-state index in [1.54, 1.807) is 0 Å². The Labute approximate surface area is 218 Å². The van der Waals surface area contributed by atoms with E-state index in [0.29, 0.717) is 6.04 Å². The Balaban J connectivity index is 0.000000317. The predicted octanol–water partition coefficient (Wildman–Crippen LogP) is 3.02. The third kappa shape index (κ3) is 10.7. The quantitative estimate of drug-likeness (QED) is 0.470. The number of aromatic nitrogens is 4. The van der Waals surface area contributed by atoms with E-state index in [1.165, 1.54) is 12.0 Å². The summed E-state index contributed by atoms with van der Waals surface area (Å²) in [4.78, 5) is 20.3. The number of hydrogen-bond acceptors (Lipinski definition) is 8. The molecule has 2 atom stereocenters. The summed E-state index contributed by atoms with van der Waals surface area (Å²) in [7, 11) is 1.96. The minimum absolute atomic E-state index is 0.0315. The van der Waals surface area contributed by atoms with E-state index in [1.807, 2.05) is 37.0 Å². The first kappa shape index (κ1) is 31.7. The highest BCUT2D eigenvalue weighted by Crippen LogP contribution is 2.36. The third-order valence-corrected chi connectivity index (χ3v) is 5.63. The summed E-state index contributed by atoms with van der Waals surface area (Å²) in [6.45, 7) is 5.74. The van der Waals surface area contributed by atoms with Crippen LogP contribution in [0, 0.1) is 6.92 Å². The van der Waals surface area contributed by atoms with Gasteiger partial charge in [-0.3, -0.25) is 9.58 Å². The highest BCUT2D eigenvalue weighted by Gasteiger charge is 2.43. The number of nitrogens with one attached hydrogen (secondary N) is 1. The fourth-order valence-corrected chi connectivity index (χ4v) is 4.04. The number of anilines is 1. The molecule has 2 fully saturated rings. The van der Waals surface area contributed by atoms with Gasteiger partial charge in [-0.25, -0.2) is 9.59 Å². The van der Waals surface area contributed by atoms with Crippen molar-refractivity contribution >= 4 is 17.8 Å². The van der Waals surface area contributed by atoms with Crippen LogP contribution in [0.25, 0.3) is 0 Å². The number of rotatable bonds is 4. The van der Waals surface area contributed by atoms with E-state index in [-0.39, 0.29) is 5.60 Å². The molecule has 0 radical (unpaired) electrons. The lowest BCUT2D eigenvalue weighted by atomic mass is 9.88. The van der Waals surface area contributed by atoms with E-state index in [4.69, 9.17) is 24.5 Å². The molecule has 2 aliphatic rings. The van der Waals surface area contributed by atoms with Gasteiger partial charge in [0.1, 0.15) is 5.82 Å². The van der Waals surface area contributed by atoms with Crippen molar-refractivity contribution in [2.75, 3.05) is 25.0 Å². The smallest absolute Gasteiger partial charge is 0.475 e. The fourth-order valence-electron chi connectivity index (χ4n) is 4.04. The van der Waals surface area contributed by atoms with Crippen LogP contribution in [0.4, 0.5) is 32.2 Å². The number of carboxylic acids is 2. The molecule has 2 saturated heterocycles. The number of nitrogens with zero attached hydrogens (tertiary/aromatic N) is 5. The Bertz CT molecular complexity index is 1070. The molecule has 4 heterocycles. The Kier molecular flexibility index (Phi) is 10.6. The number of piperidine rings is 1. The Morgan fingerprint density at radius 2 is 1.74 bits per heavy atom. The van der Waals surface area contributed by atoms with Gasteiger partial charge in [-0.2, -0.15) is 36.5 Å². The van der Waals surface area contributed by atoms with E-state index in [0.717, 1.165) is 50.6 Å². The molecule has 17 heteroatoms. The van der Waals surface area contributed by atoms with Crippen LogP contribution in [0.5, 0.6) is 0 Å². The van der Waals surface area contributed by atoms with Crippen LogP contribution in [0.15, 0.2) is 24.5 Å². The summed E-state index contributed by atoms with van der Waals surface area (Å²) in [6.07, 6.45) is -2.79. The Morgan fingerprint density at radius 1 is 1.13 bits per heavy atom. The average Bonchev–Trinajstić information content (AvgIpc) is 3.40. The van der Waals surface area contributed by atoms with Crippen molar-refractivity contribution in [3.8, 4) is 0 Å². The van der Waals surface area contributed by atoms with Crippen molar-refractivity contribution in [1.82, 2.24) is 24.9 Å². The highest BCUT2D eigenvalue weighted by atomic mass is 19.4. The lowest BCUT2D eigenvalue weighted by Gasteiger charge is -2.39. The molecule has 0 aromatic carbocycles. The minimum atomic E-state index is -5.08. The van der Waals surface area contributed by atoms with E-state index in [2.05, 4.69) is 31.7 Å². The summed E-state index contributed by atoms with van der Waals surface area (Å²) in [6, 6.07) is 4.27. The van der Waals surface area contributed by atoms with Crippen molar-refractivity contribution in [2.45, 2.75) is 56.7 Å². The highest BCUT2D eigenvalue weighted by molar-refractivity contribution is 5.73. The second-order valence-electron chi connectivity index (χ2n) is 9.04. The second-order valence-corrected chi connectivity index (χ2v) is 9.04. The van der Waals surface area contributed by atoms with Gasteiger partial charge in [-0.05, 0) is 38.4 Å². The molecule has 1 spiro atoms. The van der Waals surface area contributed by atoms with Crippen LogP contribution in [0.1, 0.15) is 30.5 Å². The van der Waals surface area contributed by atoms with Crippen molar-refractivity contribution in [3.05, 3.63) is 35.8 Å². The largest absolute Gasteiger partial charge is 0.490 e. The van der Waals surface area contributed by atoms with Gasteiger partial charge in [0.05, 0.1) is 30.1 Å². The lowest BCUT2D eigenvalue weighted by molar-refractivity contribution is -0.193. The second kappa shape index (κ2) is 13.1. The van der Waals surface area contributed by atoms with Crippen molar-refractivity contribution in [3.63, 3.8) is 0 Å². The van der Waals surface area contributed by atoms with Gasteiger partial charge >= 0.3 is 24.3 Å². The van der Waals surface area contributed by atoms with Gasteiger partial charge in [0.2, 0.25) is 0 Å². The van der Waals surface area contributed by atoms with Crippen LogP contribution >= 0.6 is 0 Å². The number of aliphatic carboxylic acids is 2. The first-order valence-electron chi connectivity index (χ1n) is 11.5. The maximum absolute atomic E-state index is 10.6.